The smallest absolute Gasteiger partial charge is 0.251 e. The van der Waals surface area contributed by atoms with Crippen LogP contribution in [0.15, 0.2) is 18.3 Å². The van der Waals surface area contributed by atoms with Gasteiger partial charge in [0.15, 0.2) is 0 Å². The van der Waals surface area contributed by atoms with Gasteiger partial charge in [-0.1, -0.05) is 6.42 Å². The number of amides is 1. The average molecular weight is 274 g/mol. The van der Waals surface area contributed by atoms with Gasteiger partial charge in [0.2, 0.25) is 5.95 Å². The lowest BCUT2D eigenvalue weighted by molar-refractivity contribution is 0.0900. The maximum absolute atomic E-state index is 13.1. The molecule has 0 aromatic carbocycles. The first-order valence-corrected chi connectivity index (χ1v) is 7.65. The number of hydrogen-bond acceptors (Lipinski definition) is 2. The molecular weight excluding hydrogens is 255 g/mol. The summed E-state index contributed by atoms with van der Waals surface area (Å²) < 4.78 is 13.1. The van der Waals surface area contributed by atoms with Crippen molar-refractivity contribution >= 4 is 5.91 Å². The summed E-state index contributed by atoms with van der Waals surface area (Å²) in [6.45, 7) is 0. The molecule has 3 nitrogen and oxygen atoms in total. The summed E-state index contributed by atoms with van der Waals surface area (Å²) in [6, 6.07) is 3.08. The molecule has 4 rings (SSSR count). The molecule has 0 unspecified atom stereocenters. The molecule has 0 aliphatic heterocycles. The Morgan fingerprint density at radius 2 is 2.10 bits per heavy atom. The number of carbonyl (C=O) groups is 1. The van der Waals surface area contributed by atoms with Crippen molar-refractivity contribution in [3.05, 3.63) is 29.8 Å². The Labute approximate surface area is 118 Å². The lowest BCUT2D eigenvalue weighted by atomic mass is 9.79. The fourth-order valence-corrected chi connectivity index (χ4v) is 5.03. The van der Waals surface area contributed by atoms with Crippen LogP contribution in [0.25, 0.3) is 0 Å². The van der Waals surface area contributed by atoms with Gasteiger partial charge < -0.3 is 5.32 Å². The third kappa shape index (κ3) is 1.85. The first-order chi connectivity index (χ1) is 9.72. The first kappa shape index (κ1) is 12.3. The molecule has 3 aliphatic rings. The van der Waals surface area contributed by atoms with Crippen LogP contribution >= 0.6 is 0 Å². The molecule has 3 fully saturated rings. The monoisotopic (exact) mass is 274 g/mol. The summed E-state index contributed by atoms with van der Waals surface area (Å²) in [4.78, 5) is 15.7. The third-order valence-corrected chi connectivity index (χ3v) is 5.73. The van der Waals surface area contributed by atoms with Crippen molar-refractivity contribution in [3.8, 4) is 0 Å². The van der Waals surface area contributed by atoms with Crippen LogP contribution in [0, 0.1) is 29.6 Å². The van der Waals surface area contributed by atoms with Crippen molar-refractivity contribution in [1.29, 1.82) is 0 Å². The zero-order valence-electron chi connectivity index (χ0n) is 11.4. The molecule has 106 valence electrons. The summed E-state index contributed by atoms with van der Waals surface area (Å²) in [5, 5.41) is 3.13. The Morgan fingerprint density at radius 3 is 2.95 bits per heavy atom. The van der Waals surface area contributed by atoms with Crippen LogP contribution in [0.3, 0.4) is 0 Å². The van der Waals surface area contributed by atoms with E-state index in [1.807, 2.05) is 0 Å². The van der Waals surface area contributed by atoms with Gasteiger partial charge in [0.25, 0.3) is 5.91 Å². The van der Waals surface area contributed by atoms with Gasteiger partial charge in [-0.3, -0.25) is 4.79 Å². The number of halogens is 1. The predicted molar refractivity (Wildman–Crippen MR) is 72.5 cm³/mol. The van der Waals surface area contributed by atoms with Crippen molar-refractivity contribution in [2.75, 3.05) is 0 Å². The predicted octanol–water partition coefficient (Wildman–Crippen LogP) is 2.78. The van der Waals surface area contributed by atoms with E-state index in [1.165, 1.54) is 37.9 Å². The number of nitrogens with zero attached hydrogens (tertiary/aromatic N) is 1. The van der Waals surface area contributed by atoms with Crippen molar-refractivity contribution < 1.29 is 9.18 Å². The van der Waals surface area contributed by atoms with Gasteiger partial charge in [0.05, 0.1) is 0 Å². The third-order valence-electron chi connectivity index (χ3n) is 5.73. The van der Waals surface area contributed by atoms with E-state index >= 15 is 0 Å². The number of fused-ring (bicyclic) bond motifs is 5. The Kier molecular flexibility index (Phi) is 2.79. The van der Waals surface area contributed by atoms with E-state index in [2.05, 4.69) is 10.3 Å². The molecule has 0 spiro atoms. The lowest BCUT2D eigenvalue weighted by Gasteiger charge is -2.32. The molecular formula is C16H19FN2O. The molecule has 1 aromatic rings. The first-order valence-electron chi connectivity index (χ1n) is 7.65. The van der Waals surface area contributed by atoms with E-state index in [-0.39, 0.29) is 5.91 Å². The van der Waals surface area contributed by atoms with Crippen LogP contribution < -0.4 is 5.32 Å². The molecule has 5 atom stereocenters. The molecule has 1 N–H and O–H groups in total. The topological polar surface area (TPSA) is 42.0 Å². The molecule has 3 saturated carbocycles. The van der Waals surface area contributed by atoms with Gasteiger partial charge in [0.1, 0.15) is 0 Å². The number of rotatable bonds is 2. The van der Waals surface area contributed by atoms with E-state index in [0.717, 1.165) is 24.2 Å². The van der Waals surface area contributed by atoms with Gasteiger partial charge >= 0.3 is 0 Å². The second-order valence-electron chi connectivity index (χ2n) is 6.60. The fourth-order valence-electron chi connectivity index (χ4n) is 5.03. The van der Waals surface area contributed by atoms with Crippen molar-refractivity contribution in [2.24, 2.45) is 23.7 Å². The van der Waals surface area contributed by atoms with E-state index in [0.29, 0.717) is 17.5 Å². The number of aromatic nitrogens is 1. The molecule has 0 saturated heterocycles. The minimum absolute atomic E-state index is 0.154. The summed E-state index contributed by atoms with van der Waals surface area (Å²) >= 11 is 0. The van der Waals surface area contributed by atoms with E-state index in [4.69, 9.17) is 0 Å². The van der Waals surface area contributed by atoms with Crippen LogP contribution in [-0.2, 0) is 0 Å². The maximum atomic E-state index is 13.1. The summed E-state index contributed by atoms with van der Waals surface area (Å²) in [7, 11) is 0. The Hall–Kier alpha value is -1.45. The second-order valence-corrected chi connectivity index (χ2v) is 6.60. The lowest BCUT2D eigenvalue weighted by Crippen LogP contribution is -2.42. The van der Waals surface area contributed by atoms with Gasteiger partial charge in [0, 0.05) is 23.9 Å². The highest BCUT2D eigenvalue weighted by molar-refractivity contribution is 5.94. The van der Waals surface area contributed by atoms with Crippen LogP contribution in [-0.4, -0.2) is 16.9 Å². The minimum Gasteiger partial charge on any atom is -0.349 e. The van der Waals surface area contributed by atoms with Crippen molar-refractivity contribution in [3.63, 3.8) is 0 Å². The highest BCUT2D eigenvalue weighted by Crippen LogP contribution is 2.58. The van der Waals surface area contributed by atoms with Crippen LogP contribution in [0.5, 0.6) is 0 Å². The normalized spacial score (nSPS) is 38.0. The fraction of sp³-hybridized carbons (Fsp3) is 0.625. The molecule has 2 bridgehead atoms. The zero-order chi connectivity index (χ0) is 13.7. The number of carbonyl (C=O) groups excluding carboxylic acids is 1. The Bertz CT molecular complexity index is 547. The Balaban J connectivity index is 1.47. The number of pyridine rings is 1. The summed E-state index contributed by atoms with van der Waals surface area (Å²) in [5.74, 6) is 2.47. The van der Waals surface area contributed by atoms with Crippen LogP contribution in [0.2, 0.25) is 0 Å². The molecule has 0 radical (unpaired) electrons. The molecule has 20 heavy (non-hydrogen) atoms. The Morgan fingerprint density at radius 1 is 1.25 bits per heavy atom. The van der Waals surface area contributed by atoms with Gasteiger partial charge in [-0.25, -0.2) is 4.98 Å². The van der Waals surface area contributed by atoms with E-state index < -0.39 is 5.95 Å². The highest BCUT2D eigenvalue weighted by Gasteiger charge is 2.54. The van der Waals surface area contributed by atoms with E-state index in [9.17, 15) is 9.18 Å². The highest BCUT2D eigenvalue weighted by atomic mass is 19.1. The molecule has 1 amide bonds. The second kappa shape index (κ2) is 4.54. The molecule has 1 aromatic heterocycles. The standard InChI is InChI=1S/C16H19FN2O/c17-15-8-9(4-5-18-15)16(20)19-14-7-10-6-13(14)12-3-1-2-11(10)12/h4-5,8,10-14H,1-3,6-7H2,(H,19,20)/t10-,11-,12-,13+,14-/m1/s1. The molecule has 3 aliphatic carbocycles. The minimum atomic E-state index is -0.596. The van der Waals surface area contributed by atoms with Crippen LogP contribution in [0.1, 0.15) is 42.5 Å². The molecule has 4 heteroatoms. The number of hydrogen-bond donors (Lipinski definition) is 1. The van der Waals surface area contributed by atoms with Gasteiger partial charge in [-0.2, -0.15) is 4.39 Å². The SMILES string of the molecule is O=C(N[C@@H]1C[C@H]2C[C@H]1[C@@H]1CCC[C@H]21)c1ccnc(F)c1. The number of nitrogens with one attached hydrogen (secondary N) is 1. The van der Waals surface area contributed by atoms with Gasteiger partial charge in [-0.15, -0.1) is 0 Å². The quantitative estimate of drug-likeness (QED) is 0.843. The van der Waals surface area contributed by atoms with Gasteiger partial charge in [-0.05, 0) is 55.4 Å². The van der Waals surface area contributed by atoms with Crippen molar-refractivity contribution in [2.45, 2.75) is 38.1 Å². The summed E-state index contributed by atoms with van der Waals surface area (Å²) in [5.41, 5.74) is 0.378. The maximum Gasteiger partial charge on any atom is 0.251 e. The van der Waals surface area contributed by atoms with Crippen LogP contribution in [0.4, 0.5) is 4.39 Å². The van der Waals surface area contributed by atoms with Crippen molar-refractivity contribution in [1.82, 2.24) is 10.3 Å². The largest absolute Gasteiger partial charge is 0.349 e. The zero-order valence-corrected chi connectivity index (χ0v) is 11.4. The average Bonchev–Trinajstić information content (AvgIpc) is 3.10. The molecule has 1 heterocycles. The van der Waals surface area contributed by atoms with E-state index in [1.54, 1.807) is 6.07 Å². The summed E-state index contributed by atoms with van der Waals surface area (Å²) in [6.07, 6.45) is 7.83.